The summed E-state index contributed by atoms with van der Waals surface area (Å²) >= 11 is 5.35. The Kier molecular flexibility index (Phi) is 5.89. The minimum atomic E-state index is -3.19. The van der Waals surface area contributed by atoms with Crippen molar-refractivity contribution in [1.29, 1.82) is 0 Å². The first-order valence-electron chi connectivity index (χ1n) is 5.29. The Hall–Kier alpha value is 0.160. The molecule has 0 bridgehead atoms. The summed E-state index contributed by atoms with van der Waals surface area (Å²) in [5, 5.41) is 0. The minimum Gasteiger partial charge on any atom is -0.377 e. The van der Waals surface area contributed by atoms with Gasteiger partial charge in [-0.1, -0.05) is 12.8 Å². The van der Waals surface area contributed by atoms with Crippen molar-refractivity contribution in [3.8, 4) is 0 Å². The van der Waals surface area contributed by atoms with Crippen LogP contribution >= 0.6 is 11.6 Å². The molecular weight excluding hydrogens is 238 g/mol. The third kappa shape index (κ3) is 5.70. The summed E-state index contributed by atoms with van der Waals surface area (Å²) in [6.45, 7) is 0.794. The van der Waals surface area contributed by atoms with E-state index >= 15 is 0 Å². The molecule has 0 atom stereocenters. The summed E-state index contributed by atoms with van der Waals surface area (Å²) in [7, 11) is -3.19. The third-order valence-electron chi connectivity index (χ3n) is 2.43. The predicted octanol–water partition coefficient (Wildman–Crippen LogP) is 1.10. The number of halogens is 1. The van der Waals surface area contributed by atoms with E-state index < -0.39 is 10.0 Å². The van der Waals surface area contributed by atoms with E-state index in [0.29, 0.717) is 19.3 Å². The fourth-order valence-corrected chi connectivity index (χ4v) is 3.00. The molecule has 0 aliphatic heterocycles. The molecule has 1 fully saturated rings. The molecule has 0 heterocycles. The number of sulfonamides is 1. The summed E-state index contributed by atoms with van der Waals surface area (Å²) < 4.78 is 30.3. The Morgan fingerprint density at radius 3 is 2.60 bits per heavy atom. The summed E-state index contributed by atoms with van der Waals surface area (Å²) in [6.07, 6.45) is 5.00. The van der Waals surface area contributed by atoms with Crippen LogP contribution in [-0.2, 0) is 14.8 Å². The van der Waals surface area contributed by atoms with E-state index in [-0.39, 0.29) is 11.6 Å². The van der Waals surface area contributed by atoms with Crippen LogP contribution in [0.1, 0.15) is 25.7 Å². The SMILES string of the molecule is O=S(=O)(CCCl)NCCOC1CCCC1. The number of rotatable bonds is 7. The second-order valence-corrected chi connectivity index (χ2v) is 5.98. The molecule has 0 spiro atoms. The van der Waals surface area contributed by atoms with E-state index in [1.807, 2.05) is 0 Å². The van der Waals surface area contributed by atoms with Crippen molar-refractivity contribution in [2.45, 2.75) is 31.8 Å². The number of ether oxygens (including phenoxy) is 1. The Morgan fingerprint density at radius 1 is 1.33 bits per heavy atom. The summed E-state index contributed by atoms with van der Waals surface area (Å²) in [6, 6.07) is 0. The molecule has 1 saturated carbocycles. The van der Waals surface area contributed by atoms with Crippen LogP contribution in [0.25, 0.3) is 0 Å². The van der Waals surface area contributed by atoms with Gasteiger partial charge in [-0.2, -0.15) is 0 Å². The molecule has 1 aliphatic carbocycles. The molecule has 1 aliphatic rings. The number of hydrogen-bond donors (Lipinski definition) is 1. The standard InChI is InChI=1S/C9H18ClNO3S/c10-5-8-15(12,13)11-6-7-14-9-3-1-2-4-9/h9,11H,1-8H2. The van der Waals surface area contributed by atoms with Crippen molar-refractivity contribution in [2.75, 3.05) is 24.8 Å². The van der Waals surface area contributed by atoms with Crippen LogP contribution in [0, 0.1) is 0 Å². The van der Waals surface area contributed by atoms with Gasteiger partial charge in [-0.3, -0.25) is 0 Å². The first kappa shape index (κ1) is 13.2. The third-order valence-corrected chi connectivity index (χ3v) is 4.22. The van der Waals surface area contributed by atoms with E-state index in [9.17, 15) is 8.42 Å². The smallest absolute Gasteiger partial charge is 0.212 e. The van der Waals surface area contributed by atoms with E-state index in [1.54, 1.807) is 0 Å². The summed E-state index contributed by atoms with van der Waals surface area (Å²) in [4.78, 5) is 0. The average molecular weight is 256 g/mol. The average Bonchev–Trinajstić information content (AvgIpc) is 2.65. The molecular formula is C9H18ClNO3S. The van der Waals surface area contributed by atoms with Crippen LogP contribution in [-0.4, -0.2) is 39.3 Å². The van der Waals surface area contributed by atoms with Crippen molar-refractivity contribution >= 4 is 21.6 Å². The zero-order chi connectivity index (χ0) is 11.1. The lowest BCUT2D eigenvalue weighted by molar-refractivity contribution is 0.0626. The van der Waals surface area contributed by atoms with Crippen LogP contribution in [0.4, 0.5) is 0 Å². The fraction of sp³-hybridized carbons (Fsp3) is 1.00. The zero-order valence-corrected chi connectivity index (χ0v) is 10.3. The van der Waals surface area contributed by atoms with Crippen molar-refractivity contribution in [2.24, 2.45) is 0 Å². The first-order chi connectivity index (χ1) is 7.14. The van der Waals surface area contributed by atoms with Crippen molar-refractivity contribution in [3.63, 3.8) is 0 Å². The Bertz CT molecular complexity index is 263. The minimum absolute atomic E-state index is 0.0298. The van der Waals surface area contributed by atoms with Crippen molar-refractivity contribution < 1.29 is 13.2 Å². The second kappa shape index (κ2) is 6.68. The van der Waals surface area contributed by atoms with Gasteiger partial charge in [-0.25, -0.2) is 13.1 Å². The van der Waals surface area contributed by atoms with Gasteiger partial charge in [-0.15, -0.1) is 11.6 Å². The molecule has 0 radical (unpaired) electrons. The lowest BCUT2D eigenvalue weighted by atomic mass is 10.3. The van der Waals surface area contributed by atoms with E-state index in [1.165, 1.54) is 12.8 Å². The van der Waals surface area contributed by atoms with Gasteiger partial charge in [-0.05, 0) is 12.8 Å². The molecule has 90 valence electrons. The topological polar surface area (TPSA) is 55.4 Å². The lowest BCUT2D eigenvalue weighted by Crippen LogP contribution is -2.31. The highest BCUT2D eigenvalue weighted by atomic mass is 35.5. The summed E-state index contributed by atoms with van der Waals surface area (Å²) in [5.41, 5.74) is 0. The van der Waals surface area contributed by atoms with Crippen LogP contribution < -0.4 is 4.72 Å². The quantitative estimate of drug-likeness (QED) is 0.548. The maximum atomic E-state index is 11.2. The molecule has 1 N–H and O–H groups in total. The van der Waals surface area contributed by atoms with Crippen LogP contribution in [0.15, 0.2) is 0 Å². The number of nitrogens with one attached hydrogen (secondary N) is 1. The highest BCUT2D eigenvalue weighted by molar-refractivity contribution is 7.89. The predicted molar refractivity (Wildman–Crippen MR) is 60.7 cm³/mol. The van der Waals surface area contributed by atoms with Crippen molar-refractivity contribution in [3.05, 3.63) is 0 Å². The van der Waals surface area contributed by atoms with Gasteiger partial charge in [0.1, 0.15) is 0 Å². The van der Waals surface area contributed by atoms with Gasteiger partial charge in [0, 0.05) is 12.4 Å². The normalized spacial score (nSPS) is 18.5. The molecule has 0 aromatic rings. The maximum absolute atomic E-state index is 11.2. The summed E-state index contributed by atoms with van der Waals surface area (Å²) in [5.74, 6) is 0.0940. The van der Waals surface area contributed by atoms with Crippen LogP contribution in [0.3, 0.4) is 0 Å². The Morgan fingerprint density at radius 2 is 2.00 bits per heavy atom. The van der Waals surface area contributed by atoms with Gasteiger partial charge in [0.05, 0.1) is 18.5 Å². The van der Waals surface area contributed by atoms with E-state index in [0.717, 1.165) is 12.8 Å². The zero-order valence-electron chi connectivity index (χ0n) is 8.75. The van der Waals surface area contributed by atoms with Gasteiger partial charge in [0.2, 0.25) is 10.0 Å². The van der Waals surface area contributed by atoms with Gasteiger partial charge in [0.25, 0.3) is 0 Å². The molecule has 0 saturated heterocycles. The molecule has 6 heteroatoms. The molecule has 0 amide bonds. The Labute approximate surface area is 96.4 Å². The Balaban J connectivity index is 2.05. The molecule has 1 rings (SSSR count). The van der Waals surface area contributed by atoms with Gasteiger partial charge < -0.3 is 4.74 Å². The second-order valence-electron chi connectivity index (χ2n) is 3.68. The first-order valence-corrected chi connectivity index (χ1v) is 7.47. The fourth-order valence-electron chi connectivity index (χ4n) is 1.65. The molecule has 0 aromatic heterocycles. The number of hydrogen-bond acceptors (Lipinski definition) is 3. The molecule has 15 heavy (non-hydrogen) atoms. The van der Waals surface area contributed by atoms with Crippen LogP contribution in [0.2, 0.25) is 0 Å². The number of alkyl halides is 1. The van der Waals surface area contributed by atoms with Gasteiger partial charge in [0.15, 0.2) is 0 Å². The van der Waals surface area contributed by atoms with Crippen LogP contribution in [0.5, 0.6) is 0 Å². The highest BCUT2D eigenvalue weighted by Crippen LogP contribution is 2.20. The largest absolute Gasteiger partial charge is 0.377 e. The molecule has 0 unspecified atom stereocenters. The molecule has 0 aromatic carbocycles. The highest BCUT2D eigenvalue weighted by Gasteiger charge is 2.15. The van der Waals surface area contributed by atoms with Gasteiger partial charge >= 0.3 is 0 Å². The monoisotopic (exact) mass is 255 g/mol. The maximum Gasteiger partial charge on any atom is 0.212 e. The van der Waals surface area contributed by atoms with E-state index in [4.69, 9.17) is 16.3 Å². The van der Waals surface area contributed by atoms with E-state index in [2.05, 4.69) is 4.72 Å². The van der Waals surface area contributed by atoms with Crippen molar-refractivity contribution in [1.82, 2.24) is 4.72 Å². The molecule has 4 nitrogen and oxygen atoms in total. The lowest BCUT2D eigenvalue weighted by Gasteiger charge is -2.11.